The van der Waals surface area contributed by atoms with Crippen LogP contribution in [0.4, 0.5) is 0 Å². The van der Waals surface area contributed by atoms with Gasteiger partial charge in [0.05, 0.1) is 5.60 Å². The minimum absolute atomic E-state index is 0.141. The van der Waals surface area contributed by atoms with Gasteiger partial charge in [0.25, 0.3) is 0 Å². The van der Waals surface area contributed by atoms with Crippen molar-refractivity contribution in [2.75, 3.05) is 0 Å². The molecule has 2 heteroatoms. The van der Waals surface area contributed by atoms with E-state index in [2.05, 4.69) is 25.5 Å². The molecular weight excluding hydrogens is 198 g/mol. The molecule has 0 bridgehead atoms. The van der Waals surface area contributed by atoms with Gasteiger partial charge in [0, 0.05) is 12.0 Å². The zero-order valence-corrected chi connectivity index (χ0v) is 9.96. The topological polar surface area (TPSA) is 46.2 Å². The Labute approximate surface area is 97.2 Å². The van der Waals surface area contributed by atoms with E-state index in [1.807, 2.05) is 6.92 Å². The van der Waals surface area contributed by atoms with Gasteiger partial charge in [-0.25, -0.2) is 0 Å². The average molecular weight is 217 g/mol. The minimum Gasteiger partial charge on any atom is -0.385 e. The summed E-state index contributed by atoms with van der Waals surface area (Å²) in [6.07, 6.45) is 3.67. The molecule has 0 aliphatic heterocycles. The van der Waals surface area contributed by atoms with E-state index in [1.165, 1.54) is 5.57 Å². The number of rotatable bonds is 2. The van der Waals surface area contributed by atoms with Gasteiger partial charge in [-0.1, -0.05) is 31.9 Å². The summed E-state index contributed by atoms with van der Waals surface area (Å²) in [4.78, 5) is 0. The Morgan fingerprint density at radius 2 is 2.44 bits per heavy atom. The summed E-state index contributed by atoms with van der Waals surface area (Å²) < 4.78 is 0. The molecule has 0 radical (unpaired) electrons. The molecule has 2 fully saturated rings. The maximum atomic E-state index is 10.9. The number of aliphatic hydroxyl groups is 1. The molecule has 2 rings (SSSR count). The average Bonchev–Trinajstić information content (AvgIpc) is 3.04. The third-order valence-electron chi connectivity index (χ3n) is 4.27. The Kier molecular flexibility index (Phi) is 2.59. The van der Waals surface area contributed by atoms with Crippen LogP contribution in [0.3, 0.4) is 0 Å². The molecule has 4 atom stereocenters. The Bertz CT molecular complexity index is 412. The van der Waals surface area contributed by atoms with Gasteiger partial charge in [-0.2, -0.15) is 0 Å². The molecule has 2 aliphatic carbocycles. The maximum Gasteiger partial charge on any atom is 0.0962 e. The van der Waals surface area contributed by atoms with Crippen LogP contribution in [-0.2, 0) is 0 Å². The second-order valence-corrected chi connectivity index (χ2v) is 4.88. The summed E-state index contributed by atoms with van der Waals surface area (Å²) in [5.74, 6) is 3.78. The van der Waals surface area contributed by atoms with E-state index < -0.39 is 5.60 Å². The highest BCUT2D eigenvalue weighted by Gasteiger charge is 2.64. The molecule has 2 aliphatic rings. The van der Waals surface area contributed by atoms with E-state index in [4.69, 9.17) is 5.73 Å². The summed E-state index contributed by atoms with van der Waals surface area (Å²) in [5, 5.41) is 10.9. The van der Waals surface area contributed by atoms with Gasteiger partial charge in [0.1, 0.15) is 0 Å². The zero-order valence-electron chi connectivity index (χ0n) is 9.96. The molecule has 0 saturated heterocycles. The molecule has 0 aromatic carbocycles. The SMILES string of the molecule is C=C1C2CC2C(O)(/C(=C/C#CN)CC)C1C. The number of nitrogens with two attached hydrogens (primary N) is 1. The van der Waals surface area contributed by atoms with Crippen molar-refractivity contribution in [2.45, 2.75) is 32.3 Å². The van der Waals surface area contributed by atoms with Crippen molar-refractivity contribution in [3.8, 4) is 12.0 Å². The first-order valence-electron chi connectivity index (χ1n) is 5.89. The summed E-state index contributed by atoms with van der Waals surface area (Å²) in [6, 6.07) is 2.37. The molecule has 0 heterocycles. The highest BCUT2D eigenvalue weighted by atomic mass is 16.3. The molecule has 2 nitrogen and oxygen atoms in total. The summed E-state index contributed by atoms with van der Waals surface area (Å²) in [6.45, 7) is 8.21. The van der Waals surface area contributed by atoms with Crippen LogP contribution in [0, 0.1) is 29.7 Å². The molecular formula is C14H19NO. The van der Waals surface area contributed by atoms with Crippen molar-refractivity contribution < 1.29 is 5.11 Å². The Hall–Kier alpha value is -1.20. The molecule has 86 valence electrons. The lowest BCUT2D eigenvalue weighted by molar-refractivity contribution is 0.0284. The highest BCUT2D eigenvalue weighted by molar-refractivity contribution is 5.41. The smallest absolute Gasteiger partial charge is 0.0962 e. The lowest BCUT2D eigenvalue weighted by atomic mass is 9.78. The van der Waals surface area contributed by atoms with Crippen LogP contribution in [0.1, 0.15) is 26.7 Å². The molecule has 0 aromatic heterocycles. The van der Waals surface area contributed by atoms with E-state index in [9.17, 15) is 5.11 Å². The maximum absolute atomic E-state index is 10.9. The first kappa shape index (κ1) is 11.3. The van der Waals surface area contributed by atoms with Gasteiger partial charge in [-0.3, -0.25) is 0 Å². The monoisotopic (exact) mass is 217 g/mol. The standard InChI is InChI=1S/C14H19NO/c1-4-11(6-5-7-15)14(16)10(3)9(2)12-8-13(12)14/h6,10,12-13,16H,2,4,8,15H2,1,3H3/b11-6+. The van der Waals surface area contributed by atoms with Crippen LogP contribution < -0.4 is 5.73 Å². The molecule has 3 N–H and O–H groups in total. The van der Waals surface area contributed by atoms with Crippen LogP contribution in [0.5, 0.6) is 0 Å². The molecule has 16 heavy (non-hydrogen) atoms. The molecule has 0 aromatic rings. The largest absolute Gasteiger partial charge is 0.385 e. The fourth-order valence-corrected chi connectivity index (χ4v) is 3.16. The lowest BCUT2D eigenvalue weighted by Gasteiger charge is -2.33. The van der Waals surface area contributed by atoms with Gasteiger partial charge >= 0.3 is 0 Å². The summed E-state index contributed by atoms with van der Waals surface area (Å²) >= 11 is 0. The molecule has 2 saturated carbocycles. The van der Waals surface area contributed by atoms with Gasteiger partial charge in [-0.15, -0.1) is 0 Å². The van der Waals surface area contributed by atoms with Gasteiger partial charge in [0.15, 0.2) is 0 Å². The van der Waals surface area contributed by atoms with Crippen LogP contribution in [0.25, 0.3) is 0 Å². The van der Waals surface area contributed by atoms with E-state index in [0.29, 0.717) is 11.8 Å². The minimum atomic E-state index is -0.722. The van der Waals surface area contributed by atoms with Crippen LogP contribution in [0.2, 0.25) is 0 Å². The first-order valence-corrected chi connectivity index (χ1v) is 5.89. The quantitative estimate of drug-likeness (QED) is 0.421. The fourth-order valence-electron chi connectivity index (χ4n) is 3.16. The van der Waals surface area contributed by atoms with Crippen molar-refractivity contribution in [1.82, 2.24) is 0 Å². The van der Waals surface area contributed by atoms with Crippen molar-refractivity contribution >= 4 is 0 Å². The normalized spacial score (nSPS) is 41.3. The van der Waals surface area contributed by atoms with Crippen molar-refractivity contribution in [3.05, 3.63) is 23.8 Å². The Morgan fingerprint density at radius 1 is 1.75 bits per heavy atom. The second-order valence-electron chi connectivity index (χ2n) is 4.88. The van der Waals surface area contributed by atoms with E-state index in [0.717, 1.165) is 18.4 Å². The van der Waals surface area contributed by atoms with Crippen LogP contribution >= 0.6 is 0 Å². The number of hydrogen-bond donors (Lipinski definition) is 2. The predicted molar refractivity (Wildman–Crippen MR) is 65.2 cm³/mol. The van der Waals surface area contributed by atoms with Crippen LogP contribution in [-0.4, -0.2) is 10.7 Å². The van der Waals surface area contributed by atoms with E-state index in [-0.39, 0.29) is 5.92 Å². The number of allylic oxidation sites excluding steroid dienone is 1. The van der Waals surface area contributed by atoms with Crippen molar-refractivity contribution in [2.24, 2.45) is 23.5 Å². The Morgan fingerprint density at radius 3 is 2.88 bits per heavy atom. The molecule has 4 unspecified atom stereocenters. The van der Waals surface area contributed by atoms with Crippen molar-refractivity contribution in [1.29, 1.82) is 0 Å². The second kappa shape index (κ2) is 3.68. The molecule has 0 spiro atoms. The number of hydrogen-bond acceptors (Lipinski definition) is 2. The van der Waals surface area contributed by atoms with Crippen molar-refractivity contribution in [3.63, 3.8) is 0 Å². The number of fused-ring (bicyclic) bond motifs is 1. The third-order valence-corrected chi connectivity index (χ3v) is 4.27. The highest BCUT2D eigenvalue weighted by Crippen LogP contribution is 2.64. The molecule has 0 amide bonds. The first-order chi connectivity index (χ1) is 7.57. The Balaban J connectivity index is 2.36. The van der Waals surface area contributed by atoms with E-state index in [1.54, 1.807) is 6.08 Å². The lowest BCUT2D eigenvalue weighted by Crippen LogP contribution is -2.38. The van der Waals surface area contributed by atoms with Gasteiger partial charge < -0.3 is 10.8 Å². The summed E-state index contributed by atoms with van der Waals surface area (Å²) in [5.41, 5.74) is 6.66. The van der Waals surface area contributed by atoms with Gasteiger partial charge in [-0.05, 0) is 36.3 Å². The third kappa shape index (κ3) is 1.32. The van der Waals surface area contributed by atoms with E-state index >= 15 is 0 Å². The predicted octanol–water partition coefficient (Wildman–Crippen LogP) is 1.82. The van der Waals surface area contributed by atoms with Crippen LogP contribution in [0.15, 0.2) is 23.8 Å². The zero-order chi connectivity index (χ0) is 11.9. The van der Waals surface area contributed by atoms with Gasteiger partial charge in [0.2, 0.25) is 0 Å². The summed E-state index contributed by atoms with van der Waals surface area (Å²) in [7, 11) is 0. The fraction of sp³-hybridized carbons (Fsp3) is 0.571.